The summed E-state index contributed by atoms with van der Waals surface area (Å²) in [4.78, 5) is 7.98. The van der Waals surface area contributed by atoms with E-state index < -0.39 is 0 Å². The molecule has 0 aromatic carbocycles. The summed E-state index contributed by atoms with van der Waals surface area (Å²) in [6.07, 6.45) is 4.17. The number of rotatable bonds is 6. The van der Waals surface area contributed by atoms with Gasteiger partial charge in [0.1, 0.15) is 0 Å². The molecule has 0 aliphatic carbocycles. The number of nitrogens with one attached hydrogen (secondary N) is 1. The highest BCUT2D eigenvalue weighted by molar-refractivity contribution is 7.11. The molecule has 0 spiro atoms. The van der Waals surface area contributed by atoms with Crippen LogP contribution in [0.1, 0.15) is 9.88 Å². The van der Waals surface area contributed by atoms with Gasteiger partial charge in [-0.25, -0.2) is 4.98 Å². The quantitative estimate of drug-likeness (QED) is 0.764. The molecule has 1 N–H and O–H groups in total. The highest BCUT2D eigenvalue weighted by Gasteiger charge is 2.01. The molecule has 80 valence electrons. The van der Waals surface area contributed by atoms with Crippen LogP contribution in [0.3, 0.4) is 0 Å². The summed E-state index contributed by atoms with van der Waals surface area (Å²) in [7, 11) is 6.17. The van der Waals surface area contributed by atoms with Crippen molar-refractivity contribution in [3.05, 3.63) is 16.1 Å². The number of nitrogens with zero attached hydrogens (tertiary/aromatic N) is 2. The second-order valence-electron chi connectivity index (χ2n) is 3.63. The Labute approximate surface area is 90.2 Å². The molecule has 0 saturated carbocycles. The van der Waals surface area contributed by atoms with Gasteiger partial charge in [0.2, 0.25) is 0 Å². The van der Waals surface area contributed by atoms with E-state index in [1.54, 1.807) is 0 Å². The van der Waals surface area contributed by atoms with Crippen LogP contribution in [0, 0.1) is 0 Å². The maximum Gasteiger partial charge on any atom is 0.0940 e. The van der Waals surface area contributed by atoms with E-state index in [0.717, 1.165) is 25.9 Å². The Balaban J connectivity index is 2.35. The highest BCUT2D eigenvalue weighted by atomic mass is 32.1. The first-order valence-corrected chi connectivity index (χ1v) is 5.77. The molecule has 0 amide bonds. The summed E-state index contributed by atoms with van der Waals surface area (Å²) >= 11 is 1.84. The Hall–Kier alpha value is -0.450. The van der Waals surface area contributed by atoms with Gasteiger partial charge in [-0.3, -0.25) is 0 Å². The van der Waals surface area contributed by atoms with Crippen molar-refractivity contribution >= 4 is 11.3 Å². The Morgan fingerprint density at radius 3 is 2.86 bits per heavy atom. The second-order valence-corrected chi connectivity index (χ2v) is 4.83. The summed E-state index contributed by atoms with van der Waals surface area (Å²) in [5, 5.41) is 4.40. The van der Waals surface area contributed by atoms with Gasteiger partial charge in [-0.05, 0) is 34.1 Å². The van der Waals surface area contributed by atoms with Crippen LogP contribution in [-0.2, 0) is 12.8 Å². The highest BCUT2D eigenvalue weighted by Crippen LogP contribution is 2.13. The molecule has 0 radical (unpaired) electrons. The third-order valence-electron chi connectivity index (χ3n) is 2.00. The van der Waals surface area contributed by atoms with Crippen molar-refractivity contribution in [1.29, 1.82) is 0 Å². The number of hydrogen-bond donors (Lipinski definition) is 1. The molecular formula is C10H19N3S. The van der Waals surface area contributed by atoms with E-state index in [2.05, 4.69) is 29.3 Å². The molecule has 0 aliphatic rings. The van der Waals surface area contributed by atoms with Gasteiger partial charge in [0, 0.05) is 24.0 Å². The van der Waals surface area contributed by atoms with E-state index in [-0.39, 0.29) is 0 Å². The average molecular weight is 213 g/mol. The molecule has 1 aromatic heterocycles. The Bertz CT molecular complexity index is 258. The molecule has 4 heteroatoms. The first-order chi connectivity index (χ1) is 6.72. The summed E-state index contributed by atoms with van der Waals surface area (Å²) in [6, 6.07) is 0. The SMILES string of the molecule is CNCCc1cnc(CCN(C)C)s1. The molecule has 0 atom stereocenters. The van der Waals surface area contributed by atoms with Gasteiger partial charge >= 0.3 is 0 Å². The van der Waals surface area contributed by atoms with Crippen molar-refractivity contribution in [1.82, 2.24) is 15.2 Å². The summed E-state index contributed by atoms with van der Waals surface area (Å²) in [5.41, 5.74) is 0. The lowest BCUT2D eigenvalue weighted by atomic mass is 10.4. The fourth-order valence-electron chi connectivity index (χ4n) is 1.15. The van der Waals surface area contributed by atoms with E-state index >= 15 is 0 Å². The second kappa shape index (κ2) is 6.11. The maximum atomic E-state index is 4.41. The van der Waals surface area contributed by atoms with Gasteiger partial charge in [0.15, 0.2) is 0 Å². The van der Waals surface area contributed by atoms with Gasteiger partial charge in [-0.15, -0.1) is 11.3 Å². The maximum absolute atomic E-state index is 4.41. The summed E-state index contributed by atoms with van der Waals surface area (Å²) in [5.74, 6) is 0. The van der Waals surface area contributed by atoms with Crippen molar-refractivity contribution in [3.63, 3.8) is 0 Å². The largest absolute Gasteiger partial charge is 0.319 e. The number of aromatic nitrogens is 1. The fourth-order valence-corrected chi connectivity index (χ4v) is 2.06. The van der Waals surface area contributed by atoms with Crippen molar-refractivity contribution in [2.45, 2.75) is 12.8 Å². The third-order valence-corrected chi connectivity index (χ3v) is 3.11. The zero-order chi connectivity index (χ0) is 10.4. The lowest BCUT2D eigenvalue weighted by molar-refractivity contribution is 0.413. The molecule has 1 heterocycles. The minimum absolute atomic E-state index is 1.04. The molecular weight excluding hydrogens is 194 g/mol. The number of thiazole rings is 1. The predicted molar refractivity (Wildman–Crippen MR) is 62.0 cm³/mol. The van der Waals surface area contributed by atoms with E-state index in [0.29, 0.717) is 0 Å². The minimum Gasteiger partial charge on any atom is -0.319 e. The van der Waals surface area contributed by atoms with Gasteiger partial charge in [-0.2, -0.15) is 0 Å². The van der Waals surface area contributed by atoms with Crippen LogP contribution in [0.15, 0.2) is 6.20 Å². The number of likely N-dealkylation sites (N-methyl/N-ethyl adjacent to an activating group) is 2. The summed E-state index contributed by atoms with van der Waals surface area (Å²) in [6.45, 7) is 2.12. The molecule has 0 unspecified atom stereocenters. The van der Waals surface area contributed by atoms with Gasteiger partial charge < -0.3 is 10.2 Å². The van der Waals surface area contributed by atoms with Crippen LogP contribution in [0.25, 0.3) is 0 Å². The van der Waals surface area contributed by atoms with Crippen LogP contribution in [0.2, 0.25) is 0 Å². The lowest BCUT2D eigenvalue weighted by Crippen LogP contribution is -2.14. The van der Waals surface area contributed by atoms with Crippen LogP contribution < -0.4 is 5.32 Å². The monoisotopic (exact) mass is 213 g/mol. The van der Waals surface area contributed by atoms with E-state index in [1.807, 2.05) is 24.6 Å². The first-order valence-electron chi connectivity index (χ1n) is 4.95. The third kappa shape index (κ3) is 4.17. The molecule has 0 aliphatic heterocycles. The Morgan fingerprint density at radius 1 is 1.43 bits per heavy atom. The summed E-state index contributed by atoms with van der Waals surface area (Å²) < 4.78 is 0. The minimum atomic E-state index is 1.04. The van der Waals surface area contributed by atoms with Crippen LogP contribution in [-0.4, -0.2) is 44.1 Å². The smallest absolute Gasteiger partial charge is 0.0940 e. The fraction of sp³-hybridized carbons (Fsp3) is 0.700. The molecule has 3 nitrogen and oxygen atoms in total. The van der Waals surface area contributed by atoms with E-state index in [1.165, 1.54) is 9.88 Å². The molecule has 0 bridgehead atoms. The standard InChI is InChI=1S/C10H19N3S/c1-11-6-4-9-8-12-10(14-9)5-7-13(2)3/h8,11H,4-7H2,1-3H3. The zero-order valence-corrected chi connectivity index (χ0v) is 10.0. The molecule has 1 aromatic rings. The zero-order valence-electron chi connectivity index (χ0n) is 9.21. The first kappa shape index (κ1) is 11.6. The van der Waals surface area contributed by atoms with Gasteiger partial charge in [0.25, 0.3) is 0 Å². The Kier molecular flexibility index (Phi) is 5.07. The molecule has 14 heavy (non-hydrogen) atoms. The van der Waals surface area contributed by atoms with Gasteiger partial charge in [0.05, 0.1) is 5.01 Å². The van der Waals surface area contributed by atoms with Crippen LogP contribution in [0.4, 0.5) is 0 Å². The van der Waals surface area contributed by atoms with E-state index in [4.69, 9.17) is 0 Å². The lowest BCUT2D eigenvalue weighted by Gasteiger charge is -2.06. The van der Waals surface area contributed by atoms with Gasteiger partial charge in [-0.1, -0.05) is 0 Å². The molecule has 0 saturated heterocycles. The van der Waals surface area contributed by atoms with E-state index in [9.17, 15) is 0 Å². The Morgan fingerprint density at radius 2 is 2.21 bits per heavy atom. The topological polar surface area (TPSA) is 28.2 Å². The van der Waals surface area contributed by atoms with Crippen molar-refractivity contribution in [3.8, 4) is 0 Å². The van der Waals surface area contributed by atoms with Crippen LogP contribution in [0.5, 0.6) is 0 Å². The molecule has 0 fully saturated rings. The van der Waals surface area contributed by atoms with Crippen LogP contribution >= 0.6 is 11.3 Å². The van der Waals surface area contributed by atoms with Crippen molar-refractivity contribution < 1.29 is 0 Å². The van der Waals surface area contributed by atoms with Crippen molar-refractivity contribution in [2.75, 3.05) is 34.2 Å². The number of hydrogen-bond acceptors (Lipinski definition) is 4. The normalized spacial score (nSPS) is 11.1. The van der Waals surface area contributed by atoms with Crippen molar-refractivity contribution in [2.24, 2.45) is 0 Å². The molecule has 1 rings (SSSR count). The average Bonchev–Trinajstić information content (AvgIpc) is 2.59. The predicted octanol–water partition coefficient (Wildman–Crippen LogP) is 1.01.